The van der Waals surface area contributed by atoms with Gasteiger partial charge < -0.3 is 4.74 Å². The third kappa shape index (κ3) is 3.88. The van der Waals surface area contributed by atoms with Gasteiger partial charge in [0.05, 0.1) is 18.4 Å². The lowest BCUT2D eigenvalue weighted by molar-refractivity contribution is 0.104. The van der Waals surface area contributed by atoms with Crippen molar-refractivity contribution in [1.29, 1.82) is 0 Å². The zero-order chi connectivity index (χ0) is 18.7. The lowest BCUT2D eigenvalue weighted by Gasteiger charge is -2.17. The zero-order valence-electron chi connectivity index (χ0n) is 16.1. The van der Waals surface area contributed by atoms with E-state index in [-0.39, 0.29) is 5.78 Å². The predicted octanol–water partition coefficient (Wildman–Crippen LogP) is 3.54. The van der Waals surface area contributed by atoms with Gasteiger partial charge in [0.25, 0.3) is 0 Å². The standard InChI is InChI=1S/C21H27N3O2/c1-15-21(16(2)23(3)22-15)19(25)9-7-17-8-10-20(26-4)18(13-17)14-24-11-5-6-12-24/h7-10,13H,5-6,11-12,14H2,1-4H3/b9-7+. The van der Waals surface area contributed by atoms with Crippen LogP contribution < -0.4 is 4.74 Å². The van der Waals surface area contributed by atoms with E-state index < -0.39 is 0 Å². The number of carbonyl (C=O) groups is 1. The van der Waals surface area contributed by atoms with Crippen LogP contribution in [0.2, 0.25) is 0 Å². The molecule has 1 saturated heterocycles. The van der Waals surface area contributed by atoms with Crippen LogP contribution in [0, 0.1) is 13.8 Å². The molecule has 1 aliphatic rings. The molecule has 1 aromatic carbocycles. The summed E-state index contributed by atoms with van der Waals surface area (Å²) in [5.74, 6) is 0.893. The summed E-state index contributed by atoms with van der Waals surface area (Å²) < 4.78 is 7.26. The first-order valence-electron chi connectivity index (χ1n) is 9.11. The maximum atomic E-state index is 12.6. The number of methoxy groups -OCH3 is 1. The highest BCUT2D eigenvalue weighted by Gasteiger charge is 2.16. The summed E-state index contributed by atoms with van der Waals surface area (Å²) in [6, 6.07) is 6.08. The molecule has 0 radical (unpaired) electrons. The van der Waals surface area contributed by atoms with Gasteiger partial charge in [-0.2, -0.15) is 5.10 Å². The van der Waals surface area contributed by atoms with Gasteiger partial charge in [-0.15, -0.1) is 0 Å². The van der Waals surface area contributed by atoms with Crippen molar-refractivity contribution in [2.24, 2.45) is 7.05 Å². The van der Waals surface area contributed by atoms with Gasteiger partial charge in [0.1, 0.15) is 5.75 Å². The van der Waals surface area contributed by atoms with Crippen molar-refractivity contribution in [3.63, 3.8) is 0 Å². The highest BCUT2D eigenvalue weighted by atomic mass is 16.5. The van der Waals surface area contributed by atoms with Crippen LogP contribution in [-0.4, -0.2) is 40.7 Å². The van der Waals surface area contributed by atoms with Crippen LogP contribution in [0.3, 0.4) is 0 Å². The van der Waals surface area contributed by atoms with Crippen LogP contribution in [0.25, 0.3) is 6.08 Å². The van der Waals surface area contributed by atoms with E-state index in [2.05, 4.69) is 16.1 Å². The molecule has 0 spiro atoms. The number of likely N-dealkylation sites (tertiary alicyclic amines) is 1. The van der Waals surface area contributed by atoms with E-state index in [1.807, 2.05) is 39.1 Å². The number of ketones is 1. The lowest BCUT2D eigenvalue weighted by Crippen LogP contribution is -2.18. The van der Waals surface area contributed by atoms with Gasteiger partial charge in [0.2, 0.25) is 0 Å². The second kappa shape index (κ2) is 7.87. The summed E-state index contributed by atoms with van der Waals surface area (Å²) in [5, 5.41) is 4.32. The molecule has 5 nitrogen and oxygen atoms in total. The number of benzene rings is 1. The largest absolute Gasteiger partial charge is 0.496 e. The maximum Gasteiger partial charge on any atom is 0.189 e. The van der Waals surface area contributed by atoms with Crippen LogP contribution in [0.1, 0.15) is 45.7 Å². The van der Waals surface area contributed by atoms with Crippen molar-refractivity contribution in [1.82, 2.24) is 14.7 Å². The van der Waals surface area contributed by atoms with Gasteiger partial charge in [0.15, 0.2) is 5.78 Å². The molecular weight excluding hydrogens is 326 g/mol. The molecule has 5 heteroatoms. The Kier molecular flexibility index (Phi) is 5.57. The number of carbonyl (C=O) groups excluding carboxylic acids is 1. The summed E-state index contributed by atoms with van der Waals surface area (Å²) in [6.45, 7) is 6.96. The molecule has 0 atom stereocenters. The molecule has 2 heterocycles. The van der Waals surface area contributed by atoms with Crippen LogP contribution in [0.4, 0.5) is 0 Å². The molecule has 1 aliphatic heterocycles. The maximum absolute atomic E-state index is 12.6. The van der Waals surface area contributed by atoms with Gasteiger partial charge in [-0.3, -0.25) is 14.4 Å². The molecule has 2 aromatic rings. The number of allylic oxidation sites excluding steroid dienone is 1. The van der Waals surface area contributed by atoms with E-state index in [0.717, 1.165) is 47.9 Å². The first-order valence-corrected chi connectivity index (χ1v) is 9.11. The van der Waals surface area contributed by atoms with E-state index >= 15 is 0 Å². The average Bonchev–Trinajstić information content (AvgIpc) is 3.21. The van der Waals surface area contributed by atoms with Crippen molar-refractivity contribution < 1.29 is 9.53 Å². The molecule has 0 saturated carbocycles. The Morgan fingerprint density at radius 1 is 1.27 bits per heavy atom. The minimum absolute atomic E-state index is 0.00925. The minimum atomic E-state index is -0.00925. The molecule has 1 fully saturated rings. The average molecular weight is 353 g/mol. The van der Waals surface area contributed by atoms with Crippen LogP contribution in [0.5, 0.6) is 5.75 Å². The Morgan fingerprint density at radius 3 is 2.62 bits per heavy atom. The summed E-state index contributed by atoms with van der Waals surface area (Å²) in [7, 11) is 3.56. The molecule has 0 N–H and O–H groups in total. The second-order valence-electron chi connectivity index (χ2n) is 6.92. The topological polar surface area (TPSA) is 47.4 Å². The highest BCUT2D eigenvalue weighted by Crippen LogP contribution is 2.24. The monoisotopic (exact) mass is 353 g/mol. The third-order valence-corrected chi connectivity index (χ3v) is 5.08. The lowest BCUT2D eigenvalue weighted by atomic mass is 10.1. The fraction of sp³-hybridized carbons (Fsp3) is 0.429. The molecule has 3 rings (SSSR count). The fourth-order valence-corrected chi connectivity index (χ4v) is 3.59. The van der Waals surface area contributed by atoms with Crippen molar-refractivity contribution in [2.75, 3.05) is 20.2 Å². The van der Waals surface area contributed by atoms with E-state index in [1.165, 1.54) is 12.8 Å². The second-order valence-corrected chi connectivity index (χ2v) is 6.92. The van der Waals surface area contributed by atoms with Crippen molar-refractivity contribution in [3.8, 4) is 5.75 Å². The first kappa shape index (κ1) is 18.4. The van der Waals surface area contributed by atoms with Gasteiger partial charge in [-0.25, -0.2) is 0 Å². The Labute approximate surface area is 155 Å². The van der Waals surface area contributed by atoms with Gasteiger partial charge in [-0.05, 0) is 63.6 Å². The Balaban J connectivity index is 1.80. The Bertz CT molecular complexity index is 830. The summed E-state index contributed by atoms with van der Waals surface area (Å²) >= 11 is 0. The highest BCUT2D eigenvalue weighted by molar-refractivity contribution is 6.08. The number of hydrogen-bond acceptors (Lipinski definition) is 4. The number of ether oxygens (including phenoxy) is 1. The third-order valence-electron chi connectivity index (χ3n) is 5.08. The van der Waals surface area contributed by atoms with Crippen LogP contribution in [0.15, 0.2) is 24.3 Å². The van der Waals surface area contributed by atoms with E-state index in [4.69, 9.17) is 4.74 Å². The molecule has 138 valence electrons. The van der Waals surface area contributed by atoms with Crippen LogP contribution >= 0.6 is 0 Å². The number of aryl methyl sites for hydroxylation is 2. The normalized spacial score (nSPS) is 15.1. The van der Waals surface area contributed by atoms with Crippen molar-refractivity contribution in [3.05, 3.63) is 52.4 Å². The van der Waals surface area contributed by atoms with Crippen LogP contribution in [-0.2, 0) is 13.6 Å². The zero-order valence-corrected chi connectivity index (χ0v) is 16.1. The fourth-order valence-electron chi connectivity index (χ4n) is 3.59. The predicted molar refractivity (Wildman–Crippen MR) is 104 cm³/mol. The van der Waals surface area contributed by atoms with Gasteiger partial charge in [0, 0.05) is 24.8 Å². The molecule has 0 bridgehead atoms. The Hall–Kier alpha value is -2.40. The van der Waals surface area contributed by atoms with Gasteiger partial charge >= 0.3 is 0 Å². The summed E-state index contributed by atoms with van der Waals surface area (Å²) in [4.78, 5) is 15.0. The van der Waals surface area contributed by atoms with E-state index in [0.29, 0.717) is 5.56 Å². The minimum Gasteiger partial charge on any atom is -0.496 e. The SMILES string of the molecule is COc1ccc(/C=C/C(=O)c2c(C)nn(C)c2C)cc1CN1CCCC1. The number of nitrogens with zero attached hydrogens (tertiary/aromatic N) is 3. The molecule has 1 aromatic heterocycles. The smallest absolute Gasteiger partial charge is 0.189 e. The van der Waals surface area contributed by atoms with Crippen molar-refractivity contribution >= 4 is 11.9 Å². The van der Waals surface area contributed by atoms with Gasteiger partial charge in [-0.1, -0.05) is 12.1 Å². The van der Waals surface area contributed by atoms with E-state index in [9.17, 15) is 4.79 Å². The summed E-state index contributed by atoms with van der Waals surface area (Å²) in [6.07, 6.45) is 6.04. The number of rotatable bonds is 6. The number of hydrogen-bond donors (Lipinski definition) is 0. The van der Waals surface area contributed by atoms with E-state index in [1.54, 1.807) is 17.9 Å². The molecular formula is C21H27N3O2. The Morgan fingerprint density at radius 2 is 2.00 bits per heavy atom. The molecule has 26 heavy (non-hydrogen) atoms. The quantitative estimate of drug-likeness (QED) is 0.589. The first-order chi connectivity index (χ1) is 12.5. The number of aromatic nitrogens is 2. The molecule has 0 aliphatic carbocycles. The summed E-state index contributed by atoms with van der Waals surface area (Å²) in [5.41, 5.74) is 4.52. The molecule has 0 amide bonds. The van der Waals surface area contributed by atoms with Crippen molar-refractivity contribution in [2.45, 2.75) is 33.2 Å². The molecule has 0 unspecified atom stereocenters.